The molecule has 4 heteroatoms. The Bertz CT molecular complexity index is 378. The van der Waals surface area contributed by atoms with E-state index in [9.17, 15) is 4.39 Å². The Morgan fingerprint density at radius 3 is 3.00 bits per heavy atom. The van der Waals surface area contributed by atoms with Crippen molar-refractivity contribution in [1.82, 2.24) is 5.32 Å². The van der Waals surface area contributed by atoms with Crippen LogP contribution in [-0.2, 0) is 6.42 Å². The first-order valence-corrected chi connectivity index (χ1v) is 6.22. The molecule has 1 fully saturated rings. The van der Waals surface area contributed by atoms with Crippen LogP contribution < -0.4 is 10.1 Å². The Hall–Kier alpha value is -0.610. The summed E-state index contributed by atoms with van der Waals surface area (Å²) in [5.74, 6) is 0.937. The van der Waals surface area contributed by atoms with Crippen molar-refractivity contribution in [2.75, 3.05) is 20.2 Å². The number of methoxy groups -OCH3 is 1. The molecule has 0 aliphatic carbocycles. The summed E-state index contributed by atoms with van der Waals surface area (Å²) in [5, 5.41) is 3.31. The monoisotopic (exact) mass is 287 g/mol. The van der Waals surface area contributed by atoms with Gasteiger partial charge in [0.1, 0.15) is 11.6 Å². The fourth-order valence-electron chi connectivity index (χ4n) is 2.11. The largest absolute Gasteiger partial charge is 0.495 e. The first kappa shape index (κ1) is 11.9. The molecule has 0 bridgehead atoms. The van der Waals surface area contributed by atoms with E-state index in [4.69, 9.17) is 4.74 Å². The first-order chi connectivity index (χ1) is 7.70. The topological polar surface area (TPSA) is 21.3 Å². The summed E-state index contributed by atoms with van der Waals surface area (Å²) in [4.78, 5) is 0. The highest BCUT2D eigenvalue weighted by Crippen LogP contribution is 2.30. The molecule has 16 heavy (non-hydrogen) atoms. The van der Waals surface area contributed by atoms with Gasteiger partial charge >= 0.3 is 0 Å². The van der Waals surface area contributed by atoms with E-state index in [0.29, 0.717) is 16.1 Å². The van der Waals surface area contributed by atoms with Gasteiger partial charge in [0.05, 0.1) is 11.6 Å². The molecular formula is C12H15BrFNO. The molecule has 1 aliphatic heterocycles. The fraction of sp³-hybridized carbons (Fsp3) is 0.500. The Balaban J connectivity index is 2.17. The van der Waals surface area contributed by atoms with Gasteiger partial charge in [-0.1, -0.05) is 0 Å². The average molecular weight is 288 g/mol. The van der Waals surface area contributed by atoms with E-state index in [0.717, 1.165) is 25.1 Å². The maximum absolute atomic E-state index is 13.6. The van der Waals surface area contributed by atoms with Crippen molar-refractivity contribution in [3.63, 3.8) is 0 Å². The lowest BCUT2D eigenvalue weighted by Gasteiger charge is -2.11. The smallest absolute Gasteiger partial charge is 0.141 e. The highest BCUT2D eigenvalue weighted by atomic mass is 79.9. The van der Waals surface area contributed by atoms with Gasteiger partial charge in [-0.15, -0.1) is 0 Å². The molecule has 1 atom stereocenters. The van der Waals surface area contributed by atoms with Gasteiger partial charge in [-0.05, 0) is 65.5 Å². The molecule has 2 rings (SSSR count). The summed E-state index contributed by atoms with van der Waals surface area (Å²) in [7, 11) is 1.56. The van der Waals surface area contributed by atoms with Gasteiger partial charge in [0.15, 0.2) is 0 Å². The fourth-order valence-corrected chi connectivity index (χ4v) is 2.50. The third-order valence-electron chi connectivity index (χ3n) is 2.96. The molecule has 1 saturated heterocycles. The molecule has 1 heterocycles. The highest BCUT2D eigenvalue weighted by molar-refractivity contribution is 9.10. The number of hydrogen-bond donors (Lipinski definition) is 1. The Labute approximate surface area is 103 Å². The number of rotatable bonds is 3. The Morgan fingerprint density at radius 1 is 1.56 bits per heavy atom. The summed E-state index contributed by atoms with van der Waals surface area (Å²) < 4.78 is 19.1. The molecule has 2 nitrogen and oxygen atoms in total. The number of hydrogen-bond acceptors (Lipinski definition) is 2. The number of halogens is 2. The third-order valence-corrected chi connectivity index (χ3v) is 3.73. The number of nitrogens with one attached hydrogen (secondary N) is 1. The van der Waals surface area contributed by atoms with Crippen LogP contribution in [0.2, 0.25) is 0 Å². The maximum Gasteiger partial charge on any atom is 0.141 e. The van der Waals surface area contributed by atoms with Gasteiger partial charge in [-0.2, -0.15) is 0 Å². The van der Waals surface area contributed by atoms with Gasteiger partial charge in [0.25, 0.3) is 0 Å². The highest BCUT2D eigenvalue weighted by Gasteiger charge is 2.17. The van der Waals surface area contributed by atoms with E-state index < -0.39 is 0 Å². The van der Waals surface area contributed by atoms with Crippen molar-refractivity contribution in [2.24, 2.45) is 5.92 Å². The molecule has 0 amide bonds. The summed E-state index contributed by atoms with van der Waals surface area (Å²) in [6.45, 7) is 2.10. The van der Waals surface area contributed by atoms with E-state index in [1.54, 1.807) is 13.2 Å². The van der Waals surface area contributed by atoms with E-state index in [1.165, 1.54) is 6.42 Å². The van der Waals surface area contributed by atoms with Crippen molar-refractivity contribution >= 4 is 15.9 Å². The van der Waals surface area contributed by atoms with E-state index in [-0.39, 0.29) is 5.82 Å². The molecule has 0 aromatic heterocycles. The van der Waals surface area contributed by atoms with Gasteiger partial charge in [0, 0.05) is 0 Å². The zero-order chi connectivity index (χ0) is 11.5. The molecule has 0 spiro atoms. The Morgan fingerprint density at radius 2 is 2.38 bits per heavy atom. The van der Waals surface area contributed by atoms with Crippen LogP contribution >= 0.6 is 15.9 Å². The van der Waals surface area contributed by atoms with E-state index in [2.05, 4.69) is 21.2 Å². The van der Waals surface area contributed by atoms with Crippen LogP contribution in [0.25, 0.3) is 0 Å². The maximum atomic E-state index is 13.6. The van der Waals surface area contributed by atoms with Crippen molar-refractivity contribution in [3.8, 4) is 5.75 Å². The SMILES string of the molecule is COc1cc(CC2CCNC2)cc(F)c1Br. The van der Waals surface area contributed by atoms with Gasteiger partial charge < -0.3 is 10.1 Å². The van der Waals surface area contributed by atoms with Crippen LogP contribution in [0.4, 0.5) is 4.39 Å². The van der Waals surface area contributed by atoms with Crippen molar-refractivity contribution in [2.45, 2.75) is 12.8 Å². The van der Waals surface area contributed by atoms with Crippen LogP contribution in [0.3, 0.4) is 0 Å². The molecule has 1 unspecified atom stereocenters. The quantitative estimate of drug-likeness (QED) is 0.923. The van der Waals surface area contributed by atoms with Crippen LogP contribution in [0.1, 0.15) is 12.0 Å². The molecule has 1 aliphatic rings. The number of benzene rings is 1. The second-order valence-corrected chi connectivity index (χ2v) is 4.95. The molecule has 1 aromatic rings. The molecule has 88 valence electrons. The van der Waals surface area contributed by atoms with Crippen molar-refractivity contribution < 1.29 is 9.13 Å². The lowest BCUT2D eigenvalue weighted by atomic mass is 9.98. The summed E-state index contributed by atoms with van der Waals surface area (Å²) in [5.41, 5.74) is 1.01. The van der Waals surface area contributed by atoms with Crippen LogP contribution in [0.5, 0.6) is 5.75 Å². The minimum atomic E-state index is -0.250. The van der Waals surface area contributed by atoms with Gasteiger partial charge in [-0.3, -0.25) is 0 Å². The number of ether oxygens (including phenoxy) is 1. The van der Waals surface area contributed by atoms with Crippen LogP contribution in [-0.4, -0.2) is 20.2 Å². The lowest BCUT2D eigenvalue weighted by molar-refractivity contribution is 0.406. The molecule has 0 radical (unpaired) electrons. The predicted octanol–water partition coefficient (Wildman–Crippen LogP) is 2.75. The second-order valence-electron chi connectivity index (χ2n) is 4.16. The van der Waals surface area contributed by atoms with E-state index in [1.807, 2.05) is 6.07 Å². The van der Waals surface area contributed by atoms with Crippen LogP contribution in [0.15, 0.2) is 16.6 Å². The standard InChI is InChI=1S/C12H15BrFNO/c1-16-11-6-9(5-10(14)12(11)13)4-8-2-3-15-7-8/h5-6,8,15H,2-4,7H2,1H3. The first-order valence-electron chi connectivity index (χ1n) is 5.43. The van der Waals surface area contributed by atoms with Gasteiger partial charge in [-0.25, -0.2) is 4.39 Å². The summed E-state index contributed by atoms with van der Waals surface area (Å²) in [6.07, 6.45) is 2.08. The molecular weight excluding hydrogens is 273 g/mol. The molecule has 1 N–H and O–H groups in total. The van der Waals surface area contributed by atoms with Crippen molar-refractivity contribution in [1.29, 1.82) is 0 Å². The summed E-state index contributed by atoms with van der Waals surface area (Å²) >= 11 is 3.17. The zero-order valence-electron chi connectivity index (χ0n) is 9.22. The lowest BCUT2D eigenvalue weighted by Crippen LogP contribution is -2.11. The zero-order valence-corrected chi connectivity index (χ0v) is 10.8. The minimum absolute atomic E-state index is 0.250. The van der Waals surface area contributed by atoms with Crippen molar-refractivity contribution in [3.05, 3.63) is 28.0 Å². The Kier molecular flexibility index (Phi) is 3.82. The predicted molar refractivity (Wildman–Crippen MR) is 65.3 cm³/mol. The average Bonchev–Trinajstić information content (AvgIpc) is 2.76. The normalized spacial score (nSPS) is 20.1. The summed E-state index contributed by atoms with van der Waals surface area (Å²) in [6, 6.07) is 3.50. The molecule has 0 saturated carbocycles. The van der Waals surface area contributed by atoms with Gasteiger partial charge in [0.2, 0.25) is 0 Å². The second kappa shape index (κ2) is 5.15. The minimum Gasteiger partial charge on any atom is -0.495 e. The molecule has 1 aromatic carbocycles. The van der Waals surface area contributed by atoms with Crippen LogP contribution in [0, 0.1) is 11.7 Å². The third kappa shape index (κ3) is 2.55. The van der Waals surface area contributed by atoms with E-state index >= 15 is 0 Å².